The minimum atomic E-state index is -3.89. The molecule has 7 heteroatoms. The summed E-state index contributed by atoms with van der Waals surface area (Å²) in [5, 5.41) is 0. The van der Waals surface area contributed by atoms with Crippen LogP contribution in [0.1, 0.15) is 29.3 Å². The van der Waals surface area contributed by atoms with Gasteiger partial charge in [0, 0.05) is 17.1 Å². The number of esters is 1. The van der Waals surface area contributed by atoms with Crippen molar-refractivity contribution in [2.75, 3.05) is 13.2 Å². The Labute approximate surface area is 122 Å². The molecule has 1 heterocycles. The van der Waals surface area contributed by atoms with E-state index in [0.717, 1.165) is 0 Å². The number of aryl methyl sites for hydroxylation is 1. The highest BCUT2D eigenvalue weighted by Crippen LogP contribution is 2.23. The zero-order chi connectivity index (χ0) is 14.8. The lowest BCUT2D eigenvalue weighted by atomic mass is 10.1. The molecule has 0 aromatic heterocycles. The van der Waals surface area contributed by atoms with E-state index in [1.54, 1.807) is 12.1 Å². The summed E-state index contributed by atoms with van der Waals surface area (Å²) in [7, 11) is 1.50. The van der Waals surface area contributed by atoms with Crippen LogP contribution in [0.5, 0.6) is 0 Å². The lowest BCUT2D eigenvalue weighted by Crippen LogP contribution is -2.18. The molecule has 0 spiro atoms. The lowest BCUT2D eigenvalue weighted by molar-refractivity contribution is 0.0270. The standard InChI is InChI=1S/C13H15ClO5S/c1-2-9-3-4-10(7-12(9)20(14,16)17)13(15)19-11-5-6-18-8-11/h3-4,7,11H,2,5-6,8H2,1H3. The van der Waals surface area contributed by atoms with Gasteiger partial charge in [-0.1, -0.05) is 13.0 Å². The van der Waals surface area contributed by atoms with E-state index < -0.39 is 15.0 Å². The van der Waals surface area contributed by atoms with Crippen LogP contribution in [0.2, 0.25) is 0 Å². The molecular formula is C13H15ClO5S. The summed E-state index contributed by atoms with van der Waals surface area (Å²) in [6.45, 7) is 2.75. The molecular weight excluding hydrogens is 304 g/mol. The fourth-order valence-corrected chi connectivity index (χ4v) is 3.25. The van der Waals surface area contributed by atoms with Crippen LogP contribution in [0, 0.1) is 0 Å². The Hall–Kier alpha value is -1.11. The normalized spacial score (nSPS) is 19.0. The fourth-order valence-electron chi connectivity index (χ4n) is 2.03. The van der Waals surface area contributed by atoms with Crippen LogP contribution in [0.15, 0.2) is 23.1 Å². The molecule has 2 rings (SSSR count). The maximum Gasteiger partial charge on any atom is 0.338 e. The van der Waals surface area contributed by atoms with Crippen molar-refractivity contribution in [3.05, 3.63) is 29.3 Å². The molecule has 0 aliphatic carbocycles. The number of halogens is 1. The highest BCUT2D eigenvalue weighted by atomic mass is 35.7. The Morgan fingerprint density at radius 2 is 2.25 bits per heavy atom. The maximum atomic E-state index is 12.0. The van der Waals surface area contributed by atoms with Crippen molar-refractivity contribution in [2.45, 2.75) is 30.8 Å². The average molecular weight is 319 g/mol. The number of rotatable bonds is 4. The second-order valence-electron chi connectivity index (χ2n) is 4.50. The third-order valence-electron chi connectivity index (χ3n) is 3.11. The van der Waals surface area contributed by atoms with E-state index in [2.05, 4.69) is 0 Å². The molecule has 1 saturated heterocycles. The summed E-state index contributed by atoms with van der Waals surface area (Å²) >= 11 is 0. The summed E-state index contributed by atoms with van der Waals surface area (Å²) in [5.41, 5.74) is 0.745. The number of carbonyl (C=O) groups is 1. The Morgan fingerprint density at radius 3 is 2.80 bits per heavy atom. The highest BCUT2D eigenvalue weighted by molar-refractivity contribution is 8.13. The van der Waals surface area contributed by atoms with E-state index in [4.69, 9.17) is 20.2 Å². The molecule has 20 heavy (non-hydrogen) atoms. The molecule has 5 nitrogen and oxygen atoms in total. The van der Waals surface area contributed by atoms with E-state index in [-0.39, 0.29) is 16.6 Å². The SMILES string of the molecule is CCc1ccc(C(=O)OC2CCOC2)cc1S(=O)(=O)Cl. The molecule has 1 fully saturated rings. The Bertz CT molecular complexity index is 605. The largest absolute Gasteiger partial charge is 0.456 e. The minimum absolute atomic E-state index is 0.0428. The number of ether oxygens (including phenoxy) is 2. The summed E-state index contributed by atoms with van der Waals surface area (Å²) in [5.74, 6) is -0.565. The minimum Gasteiger partial charge on any atom is -0.456 e. The highest BCUT2D eigenvalue weighted by Gasteiger charge is 2.23. The van der Waals surface area contributed by atoms with Crippen molar-refractivity contribution in [1.29, 1.82) is 0 Å². The summed E-state index contributed by atoms with van der Waals surface area (Å²) in [6, 6.07) is 4.39. The van der Waals surface area contributed by atoms with Crippen LogP contribution >= 0.6 is 10.7 Å². The van der Waals surface area contributed by atoms with Crippen molar-refractivity contribution in [1.82, 2.24) is 0 Å². The zero-order valence-corrected chi connectivity index (χ0v) is 12.5. The van der Waals surface area contributed by atoms with Gasteiger partial charge in [0.2, 0.25) is 0 Å². The van der Waals surface area contributed by atoms with Gasteiger partial charge in [-0.3, -0.25) is 0 Å². The average Bonchev–Trinajstić information content (AvgIpc) is 2.89. The van der Waals surface area contributed by atoms with Gasteiger partial charge in [0.05, 0.1) is 23.7 Å². The molecule has 0 amide bonds. The third-order valence-corrected chi connectivity index (χ3v) is 4.51. The second-order valence-corrected chi connectivity index (χ2v) is 7.04. The number of carbonyl (C=O) groups excluding carboxylic acids is 1. The van der Waals surface area contributed by atoms with Gasteiger partial charge in [0.25, 0.3) is 9.05 Å². The van der Waals surface area contributed by atoms with Crippen molar-refractivity contribution in [3.63, 3.8) is 0 Å². The van der Waals surface area contributed by atoms with Crippen molar-refractivity contribution >= 4 is 25.7 Å². The van der Waals surface area contributed by atoms with Gasteiger partial charge in [0.1, 0.15) is 6.10 Å². The van der Waals surface area contributed by atoms with Gasteiger partial charge in [0.15, 0.2) is 0 Å². The fraction of sp³-hybridized carbons (Fsp3) is 0.462. The van der Waals surface area contributed by atoms with Gasteiger partial charge in [-0.25, -0.2) is 13.2 Å². The topological polar surface area (TPSA) is 69.7 Å². The summed E-state index contributed by atoms with van der Waals surface area (Å²) < 4.78 is 33.4. The van der Waals surface area contributed by atoms with E-state index in [1.807, 2.05) is 6.92 Å². The lowest BCUT2D eigenvalue weighted by Gasteiger charge is -2.11. The molecule has 1 atom stereocenters. The van der Waals surface area contributed by atoms with Crippen molar-refractivity contribution in [2.24, 2.45) is 0 Å². The molecule has 110 valence electrons. The molecule has 1 unspecified atom stereocenters. The van der Waals surface area contributed by atoms with E-state index in [1.165, 1.54) is 6.07 Å². The van der Waals surface area contributed by atoms with Crippen LogP contribution in [0.25, 0.3) is 0 Å². The predicted octanol–water partition coefficient (Wildman–Crippen LogP) is 2.12. The summed E-state index contributed by atoms with van der Waals surface area (Å²) in [6.07, 6.45) is 0.886. The number of benzene rings is 1. The summed E-state index contributed by atoms with van der Waals surface area (Å²) in [4.78, 5) is 11.9. The van der Waals surface area contributed by atoms with E-state index in [0.29, 0.717) is 31.6 Å². The van der Waals surface area contributed by atoms with Gasteiger partial charge in [-0.2, -0.15) is 0 Å². The number of hydrogen-bond acceptors (Lipinski definition) is 5. The van der Waals surface area contributed by atoms with Crippen molar-refractivity contribution in [3.8, 4) is 0 Å². The first-order chi connectivity index (χ1) is 9.41. The molecule has 0 radical (unpaired) electrons. The zero-order valence-electron chi connectivity index (χ0n) is 11.0. The van der Waals surface area contributed by atoms with E-state index >= 15 is 0 Å². The molecule has 0 bridgehead atoms. The van der Waals surface area contributed by atoms with Crippen LogP contribution in [0.4, 0.5) is 0 Å². The molecule has 0 saturated carbocycles. The first-order valence-corrected chi connectivity index (χ1v) is 8.59. The van der Waals surface area contributed by atoms with Crippen LogP contribution < -0.4 is 0 Å². The smallest absolute Gasteiger partial charge is 0.338 e. The van der Waals surface area contributed by atoms with Gasteiger partial charge >= 0.3 is 5.97 Å². The third kappa shape index (κ3) is 3.50. The molecule has 1 aliphatic rings. The van der Waals surface area contributed by atoms with Crippen LogP contribution in [-0.2, 0) is 24.9 Å². The predicted molar refractivity (Wildman–Crippen MR) is 73.5 cm³/mol. The van der Waals surface area contributed by atoms with Crippen LogP contribution in [-0.4, -0.2) is 33.7 Å². The van der Waals surface area contributed by atoms with Gasteiger partial charge in [-0.15, -0.1) is 0 Å². The molecule has 1 aliphatic heterocycles. The number of hydrogen-bond donors (Lipinski definition) is 0. The quantitative estimate of drug-likeness (QED) is 0.628. The molecule has 1 aromatic rings. The monoisotopic (exact) mass is 318 g/mol. The first kappa shape index (κ1) is 15.3. The Balaban J connectivity index is 2.26. The molecule has 0 N–H and O–H groups in total. The maximum absolute atomic E-state index is 12.0. The van der Waals surface area contributed by atoms with Crippen molar-refractivity contribution < 1.29 is 22.7 Å². The van der Waals surface area contributed by atoms with Crippen LogP contribution in [0.3, 0.4) is 0 Å². The Morgan fingerprint density at radius 1 is 1.50 bits per heavy atom. The first-order valence-electron chi connectivity index (χ1n) is 6.28. The molecule has 1 aromatic carbocycles. The Kier molecular flexibility index (Phi) is 4.67. The second kappa shape index (κ2) is 6.11. The van der Waals surface area contributed by atoms with Gasteiger partial charge in [-0.05, 0) is 24.1 Å². The van der Waals surface area contributed by atoms with Gasteiger partial charge < -0.3 is 9.47 Å². The van der Waals surface area contributed by atoms with E-state index in [9.17, 15) is 13.2 Å².